The van der Waals surface area contributed by atoms with Crippen molar-refractivity contribution in [3.05, 3.63) is 63.1 Å². The molecule has 1 N–H and O–H groups in total. The number of halogens is 3. The largest absolute Gasteiger partial charge is 0.352 e. The highest BCUT2D eigenvalue weighted by molar-refractivity contribution is 8.00. The van der Waals surface area contributed by atoms with Crippen LogP contribution in [0.3, 0.4) is 0 Å². The molecular formula is C22H25Cl3N2O2S. The van der Waals surface area contributed by atoms with E-state index in [2.05, 4.69) is 5.32 Å². The second-order valence-electron chi connectivity index (χ2n) is 6.96. The van der Waals surface area contributed by atoms with Crippen LogP contribution < -0.4 is 5.32 Å². The Hall–Kier alpha value is -1.40. The third-order valence-electron chi connectivity index (χ3n) is 4.73. The zero-order chi connectivity index (χ0) is 22.3. The highest BCUT2D eigenvalue weighted by Crippen LogP contribution is 2.27. The van der Waals surface area contributed by atoms with Crippen LogP contribution >= 0.6 is 46.6 Å². The number of hydrogen-bond donors (Lipinski definition) is 1. The average molecular weight is 488 g/mol. The third-order valence-corrected chi connectivity index (χ3v) is 6.69. The lowest BCUT2D eigenvalue weighted by atomic mass is 10.1. The summed E-state index contributed by atoms with van der Waals surface area (Å²) in [6.07, 6.45) is 0.801. The molecule has 30 heavy (non-hydrogen) atoms. The molecule has 0 aliphatic heterocycles. The van der Waals surface area contributed by atoms with E-state index in [0.717, 1.165) is 11.3 Å². The van der Waals surface area contributed by atoms with Crippen LogP contribution in [0.25, 0.3) is 0 Å². The summed E-state index contributed by atoms with van der Waals surface area (Å²) in [6.45, 7) is 5.78. The first kappa shape index (κ1) is 24.9. The SMILES string of the molecule is CCC(C)NC(=O)C(C)N(Cc1c(Cl)cccc1Cl)C(=O)CSc1ccc(Cl)cc1. The molecule has 0 aliphatic rings. The van der Waals surface area contributed by atoms with E-state index >= 15 is 0 Å². The molecule has 2 aromatic rings. The van der Waals surface area contributed by atoms with Crippen LogP contribution in [0.15, 0.2) is 47.4 Å². The van der Waals surface area contributed by atoms with E-state index in [1.807, 2.05) is 26.0 Å². The molecule has 162 valence electrons. The zero-order valence-corrected chi connectivity index (χ0v) is 20.2. The molecule has 0 saturated carbocycles. The van der Waals surface area contributed by atoms with Gasteiger partial charge in [-0.25, -0.2) is 0 Å². The van der Waals surface area contributed by atoms with Crippen LogP contribution in [-0.4, -0.2) is 34.6 Å². The maximum Gasteiger partial charge on any atom is 0.242 e. The van der Waals surface area contributed by atoms with Crippen molar-refractivity contribution >= 4 is 58.4 Å². The lowest BCUT2D eigenvalue weighted by Crippen LogP contribution is -2.50. The molecule has 0 saturated heterocycles. The molecule has 0 fully saturated rings. The summed E-state index contributed by atoms with van der Waals surface area (Å²) in [6, 6.07) is 11.8. The van der Waals surface area contributed by atoms with Crippen LogP contribution in [0.5, 0.6) is 0 Å². The van der Waals surface area contributed by atoms with Gasteiger partial charge in [-0.05, 0) is 56.7 Å². The fourth-order valence-corrected chi connectivity index (χ4v) is 4.09. The van der Waals surface area contributed by atoms with Gasteiger partial charge in [0.25, 0.3) is 0 Å². The average Bonchev–Trinajstić information content (AvgIpc) is 2.72. The van der Waals surface area contributed by atoms with E-state index in [1.165, 1.54) is 16.7 Å². The van der Waals surface area contributed by atoms with Crippen molar-refractivity contribution < 1.29 is 9.59 Å². The van der Waals surface area contributed by atoms with Gasteiger partial charge < -0.3 is 10.2 Å². The summed E-state index contributed by atoms with van der Waals surface area (Å²) in [5.41, 5.74) is 0.619. The summed E-state index contributed by atoms with van der Waals surface area (Å²) in [5, 5.41) is 4.49. The second kappa shape index (κ2) is 11.8. The van der Waals surface area contributed by atoms with Gasteiger partial charge in [-0.15, -0.1) is 11.8 Å². The number of benzene rings is 2. The summed E-state index contributed by atoms with van der Waals surface area (Å²) in [7, 11) is 0. The predicted molar refractivity (Wildman–Crippen MR) is 127 cm³/mol. The molecule has 4 nitrogen and oxygen atoms in total. The predicted octanol–water partition coefficient (Wildman–Crippen LogP) is 6.07. The number of carbonyl (C=O) groups is 2. The Morgan fingerprint density at radius 2 is 1.63 bits per heavy atom. The molecule has 2 atom stereocenters. The zero-order valence-electron chi connectivity index (χ0n) is 17.1. The van der Waals surface area contributed by atoms with Gasteiger partial charge in [-0.1, -0.05) is 47.8 Å². The lowest BCUT2D eigenvalue weighted by molar-refractivity contribution is -0.138. The Kier molecular flexibility index (Phi) is 9.82. The van der Waals surface area contributed by atoms with Gasteiger partial charge in [0, 0.05) is 38.1 Å². The van der Waals surface area contributed by atoms with Gasteiger partial charge in [-0.3, -0.25) is 9.59 Å². The van der Waals surface area contributed by atoms with Crippen LogP contribution in [0.4, 0.5) is 0 Å². The Bertz CT molecular complexity index is 857. The van der Waals surface area contributed by atoms with Crippen LogP contribution in [-0.2, 0) is 16.1 Å². The molecule has 0 aliphatic carbocycles. The normalized spacial score (nSPS) is 12.9. The number of thioether (sulfide) groups is 1. The highest BCUT2D eigenvalue weighted by atomic mass is 35.5. The van der Waals surface area contributed by atoms with Gasteiger partial charge in [0.15, 0.2) is 0 Å². The summed E-state index contributed by atoms with van der Waals surface area (Å²) in [5.74, 6) is -0.222. The van der Waals surface area contributed by atoms with Gasteiger partial charge in [-0.2, -0.15) is 0 Å². The maximum atomic E-state index is 13.1. The van der Waals surface area contributed by atoms with E-state index in [9.17, 15) is 9.59 Å². The highest BCUT2D eigenvalue weighted by Gasteiger charge is 2.28. The molecule has 0 bridgehead atoms. The van der Waals surface area contributed by atoms with Crippen molar-refractivity contribution in [2.24, 2.45) is 0 Å². The summed E-state index contributed by atoms with van der Waals surface area (Å²) < 4.78 is 0. The molecule has 2 unspecified atom stereocenters. The van der Waals surface area contributed by atoms with Gasteiger partial charge in [0.1, 0.15) is 6.04 Å². The lowest BCUT2D eigenvalue weighted by Gasteiger charge is -2.30. The number of nitrogens with zero attached hydrogens (tertiary/aromatic N) is 1. The number of hydrogen-bond acceptors (Lipinski definition) is 3. The second-order valence-corrected chi connectivity index (χ2v) is 9.26. The molecule has 0 aromatic heterocycles. The molecule has 8 heteroatoms. The topological polar surface area (TPSA) is 49.4 Å². The minimum Gasteiger partial charge on any atom is -0.352 e. The van der Waals surface area contributed by atoms with E-state index in [0.29, 0.717) is 20.6 Å². The number of amides is 2. The standard InChI is InChI=1S/C22H25Cl3N2O2S/c1-4-14(2)26-22(29)15(3)27(12-18-19(24)6-5-7-20(18)25)21(28)13-30-17-10-8-16(23)9-11-17/h5-11,14-15H,4,12-13H2,1-3H3,(H,26,29). The molecular weight excluding hydrogens is 463 g/mol. The number of nitrogens with one attached hydrogen (secondary N) is 1. The van der Waals surface area contributed by atoms with E-state index in [-0.39, 0.29) is 30.2 Å². The summed E-state index contributed by atoms with van der Waals surface area (Å²) in [4.78, 5) is 28.3. The van der Waals surface area contributed by atoms with Crippen molar-refractivity contribution in [3.63, 3.8) is 0 Å². The van der Waals surface area contributed by atoms with Crippen LogP contribution in [0, 0.1) is 0 Å². The van der Waals surface area contributed by atoms with Gasteiger partial charge in [0.05, 0.1) is 5.75 Å². The van der Waals surface area contributed by atoms with E-state index in [4.69, 9.17) is 34.8 Å². The fourth-order valence-electron chi connectivity index (χ4n) is 2.66. The number of rotatable bonds is 9. The Balaban J connectivity index is 2.21. The van der Waals surface area contributed by atoms with Crippen molar-refractivity contribution in [2.45, 2.75) is 50.7 Å². The Labute approximate surface area is 197 Å². The first-order valence-corrected chi connectivity index (χ1v) is 11.8. The minimum atomic E-state index is -0.676. The first-order valence-electron chi connectivity index (χ1n) is 9.64. The molecule has 0 spiro atoms. The first-order chi connectivity index (χ1) is 14.2. The monoisotopic (exact) mass is 486 g/mol. The van der Waals surface area contributed by atoms with Gasteiger partial charge in [0.2, 0.25) is 11.8 Å². The van der Waals surface area contributed by atoms with Crippen molar-refractivity contribution in [1.82, 2.24) is 10.2 Å². The Morgan fingerprint density at radius 3 is 2.20 bits per heavy atom. The summed E-state index contributed by atoms with van der Waals surface area (Å²) >= 11 is 19.9. The minimum absolute atomic E-state index is 0.0178. The van der Waals surface area contributed by atoms with Crippen molar-refractivity contribution in [1.29, 1.82) is 0 Å². The van der Waals surface area contributed by atoms with Gasteiger partial charge >= 0.3 is 0 Å². The van der Waals surface area contributed by atoms with E-state index < -0.39 is 6.04 Å². The van der Waals surface area contributed by atoms with Crippen LogP contribution in [0.2, 0.25) is 15.1 Å². The molecule has 2 rings (SSSR count). The smallest absolute Gasteiger partial charge is 0.242 e. The molecule has 0 heterocycles. The van der Waals surface area contributed by atoms with Crippen molar-refractivity contribution in [3.8, 4) is 0 Å². The molecule has 2 aromatic carbocycles. The third kappa shape index (κ3) is 7.09. The van der Waals surface area contributed by atoms with E-state index in [1.54, 1.807) is 37.3 Å². The van der Waals surface area contributed by atoms with Crippen LogP contribution in [0.1, 0.15) is 32.8 Å². The quantitative estimate of drug-likeness (QED) is 0.437. The fraction of sp³-hybridized carbons (Fsp3) is 0.364. The Morgan fingerprint density at radius 1 is 1.03 bits per heavy atom. The maximum absolute atomic E-state index is 13.1. The number of carbonyl (C=O) groups excluding carboxylic acids is 2. The molecule has 2 amide bonds. The molecule has 0 radical (unpaired) electrons. The van der Waals surface area contributed by atoms with Crippen molar-refractivity contribution in [2.75, 3.05) is 5.75 Å².